The van der Waals surface area contributed by atoms with Crippen LogP contribution in [-0.4, -0.2) is 95.9 Å². The van der Waals surface area contributed by atoms with Gasteiger partial charge in [0, 0.05) is 52.5 Å². The number of carbonyl (C=O) groups excluding carboxylic acids is 6. The molecule has 14 heteroatoms. The second kappa shape index (κ2) is 12.1. The summed E-state index contributed by atoms with van der Waals surface area (Å²) in [4.78, 5) is 75.2. The molecule has 0 aromatic carbocycles. The third-order valence-electron chi connectivity index (χ3n) is 9.34. The molecular formula is C30H40O14. The summed E-state index contributed by atoms with van der Waals surface area (Å²) >= 11 is 0. The van der Waals surface area contributed by atoms with Crippen LogP contribution in [0.2, 0.25) is 0 Å². The fourth-order valence-electron chi connectivity index (χ4n) is 7.29. The summed E-state index contributed by atoms with van der Waals surface area (Å²) in [5, 5.41) is 12.6. The Labute approximate surface area is 254 Å². The number of fused-ring (bicyclic) bond motifs is 3. The van der Waals surface area contributed by atoms with Crippen LogP contribution in [-0.2, 0) is 61.9 Å². The van der Waals surface area contributed by atoms with Crippen molar-refractivity contribution in [3.05, 3.63) is 11.6 Å². The Morgan fingerprint density at radius 3 is 2.00 bits per heavy atom. The van der Waals surface area contributed by atoms with E-state index in [0.717, 1.165) is 13.8 Å². The molecule has 10 atom stereocenters. The lowest BCUT2D eigenvalue weighted by atomic mass is 9.52. The van der Waals surface area contributed by atoms with Crippen molar-refractivity contribution in [2.75, 3.05) is 13.2 Å². The predicted molar refractivity (Wildman–Crippen MR) is 145 cm³/mol. The summed E-state index contributed by atoms with van der Waals surface area (Å²) in [5.41, 5.74) is -4.65. The highest BCUT2D eigenvalue weighted by molar-refractivity contribution is 5.78. The summed E-state index contributed by atoms with van der Waals surface area (Å²) in [6.45, 7) is 8.69. The van der Waals surface area contributed by atoms with Gasteiger partial charge in [0.15, 0.2) is 11.7 Å². The van der Waals surface area contributed by atoms with Crippen LogP contribution in [0.15, 0.2) is 11.6 Å². The summed E-state index contributed by atoms with van der Waals surface area (Å²) in [5.74, 6) is -6.65. The Balaban J connectivity index is 2.08. The fourth-order valence-corrected chi connectivity index (χ4v) is 7.29. The van der Waals surface area contributed by atoms with E-state index in [1.807, 2.05) is 0 Å². The zero-order valence-corrected chi connectivity index (χ0v) is 25.9. The van der Waals surface area contributed by atoms with Gasteiger partial charge in [0.05, 0.1) is 23.5 Å². The quantitative estimate of drug-likeness (QED) is 0.191. The van der Waals surface area contributed by atoms with Crippen LogP contribution in [0.1, 0.15) is 67.7 Å². The number of hydrogen-bond donors (Lipinski definition) is 1. The Bertz CT molecular complexity index is 1250. The average molecular weight is 625 g/mol. The van der Waals surface area contributed by atoms with Gasteiger partial charge in [0.1, 0.15) is 31.0 Å². The predicted octanol–water partition coefficient (Wildman–Crippen LogP) is 1.08. The van der Waals surface area contributed by atoms with Gasteiger partial charge in [-0.3, -0.25) is 28.8 Å². The van der Waals surface area contributed by atoms with Gasteiger partial charge in [-0.2, -0.15) is 0 Å². The molecule has 0 amide bonds. The van der Waals surface area contributed by atoms with E-state index in [2.05, 4.69) is 0 Å². The summed E-state index contributed by atoms with van der Waals surface area (Å²) in [6, 6.07) is 0. The number of ether oxygens (including phenoxy) is 7. The number of carbonyl (C=O) groups is 6. The van der Waals surface area contributed by atoms with Crippen LogP contribution in [0.25, 0.3) is 0 Å². The summed E-state index contributed by atoms with van der Waals surface area (Å²) in [7, 11) is 0. The molecule has 3 fully saturated rings. The molecule has 0 unspecified atom stereocenters. The molecule has 4 rings (SSSR count). The van der Waals surface area contributed by atoms with Crippen LogP contribution in [0.5, 0.6) is 0 Å². The molecule has 0 aromatic rings. The highest BCUT2D eigenvalue weighted by Crippen LogP contribution is 2.62. The van der Waals surface area contributed by atoms with Crippen LogP contribution in [0.4, 0.5) is 0 Å². The SMILES string of the molecule is CC(=O)OC/C1=C/[C@@H]2OC(=O)[C@H](C)[C@]2(O)[C@@H](OC(C)=O)[C@H]2[C@@]3(CC[C@H](OC(C)=O)[C@]2(C)[C@@H](OC(C)=O)C[C@H]1OC(C)=O)CO3. The first-order chi connectivity index (χ1) is 20.4. The van der Waals surface area contributed by atoms with Crippen molar-refractivity contribution in [3.63, 3.8) is 0 Å². The molecule has 2 aliphatic carbocycles. The molecular weight excluding hydrogens is 584 g/mol. The van der Waals surface area contributed by atoms with Crippen molar-refractivity contribution in [2.24, 2.45) is 17.3 Å². The Hall–Kier alpha value is -3.52. The number of aliphatic hydroxyl groups is 1. The monoisotopic (exact) mass is 624 g/mol. The maximum atomic E-state index is 13.1. The van der Waals surface area contributed by atoms with E-state index in [0.29, 0.717) is 6.42 Å². The van der Waals surface area contributed by atoms with E-state index in [4.69, 9.17) is 33.2 Å². The normalized spacial score (nSPS) is 40.6. The molecule has 0 radical (unpaired) electrons. The third kappa shape index (κ3) is 6.06. The maximum Gasteiger partial charge on any atom is 0.312 e. The molecule has 2 heterocycles. The number of esters is 6. The van der Waals surface area contributed by atoms with E-state index in [1.54, 1.807) is 6.92 Å². The number of rotatable bonds is 6. The minimum Gasteiger partial charge on any atom is -0.462 e. The first-order valence-corrected chi connectivity index (χ1v) is 14.5. The molecule has 0 aromatic heterocycles. The van der Waals surface area contributed by atoms with Crippen molar-refractivity contribution >= 4 is 35.8 Å². The highest BCUT2D eigenvalue weighted by Gasteiger charge is 2.75. The van der Waals surface area contributed by atoms with Gasteiger partial charge in [0.2, 0.25) is 0 Å². The van der Waals surface area contributed by atoms with Crippen molar-refractivity contribution in [2.45, 2.75) is 109 Å². The molecule has 44 heavy (non-hydrogen) atoms. The number of epoxide rings is 1. The van der Waals surface area contributed by atoms with E-state index >= 15 is 0 Å². The highest BCUT2D eigenvalue weighted by atomic mass is 16.6. The van der Waals surface area contributed by atoms with Gasteiger partial charge >= 0.3 is 35.8 Å². The minimum atomic E-state index is -2.26. The second-order valence-corrected chi connectivity index (χ2v) is 12.3. The maximum absolute atomic E-state index is 13.1. The van der Waals surface area contributed by atoms with Gasteiger partial charge in [0.25, 0.3) is 0 Å². The van der Waals surface area contributed by atoms with Gasteiger partial charge in [-0.05, 0) is 25.8 Å². The zero-order valence-electron chi connectivity index (χ0n) is 25.9. The lowest BCUT2D eigenvalue weighted by Crippen LogP contribution is -2.69. The molecule has 1 saturated carbocycles. The summed E-state index contributed by atoms with van der Waals surface area (Å²) in [6.07, 6.45) is -4.76. The van der Waals surface area contributed by atoms with Crippen LogP contribution < -0.4 is 0 Å². The second-order valence-electron chi connectivity index (χ2n) is 12.3. The Morgan fingerprint density at radius 2 is 1.48 bits per heavy atom. The average Bonchev–Trinajstić information content (AvgIpc) is 3.63. The molecule has 2 aliphatic heterocycles. The van der Waals surface area contributed by atoms with Crippen LogP contribution in [0, 0.1) is 17.3 Å². The smallest absolute Gasteiger partial charge is 0.312 e. The van der Waals surface area contributed by atoms with Crippen molar-refractivity contribution in [1.82, 2.24) is 0 Å². The summed E-state index contributed by atoms with van der Waals surface area (Å²) < 4.78 is 40.3. The van der Waals surface area contributed by atoms with Gasteiger partial charge < -0.3 is 38.3 Å². The molecule has 4 aliphatic rings. The molecule has 1 spiro atoms. The van der Waals surface area contributed by atoms with Gasteiger partial charge in [-0.25, -0.2) is 0 Å². The molecule has 0 bridgehead atoms. The van der Waals surface area contributed by atoms with Crippen LogP contribution >= 0.6 is 0 Å². The van der Waals surface area contributed by atoms with E-state index in [1.165, 1.54) is 33.8 Å². The lowest BCUT2D eigenvalue weighted by molar-refractivity contribution is -0.244. The minimum absolute atomic E-state index is 0.110. The molecule has 244 valence electrons. The van der Waals surface area contributed by atoms with E-state index in [9.17, 15) is 33.9 Å². The first-order valence-electron chi connectivity index (χ1n) is 14.5. The zero-order chi connectivity index (χ0) is 32.8. The molecule has 2 saturated heterocycles. The fraction of sp³-hybridized carbons (Fsp3) is 0.733. The topological polar surface area (TPSA) is 191 Å². The Kier molecular flexibility index (Phi) is 9.19. The van der Waals surface area contributed by atoms with E-state index < -0.39 is 101 Å². The largest absolute Gasteiger partial charge is 0.462 e. The third-order valence-corrected chi connectivity index (χ3v) is 9.34. The van der Waals surface area contributed by atoms with Crippen molar-refractivity contribution in [1.29, 1.82) is 0 Å². The van der Waals surface area contributed by atoms with Gasteiger partial charge in [-0.15, -0.1) is 0 Å². The van der Waals surface area contributed by atoms with Crippen LogP contribution in [0.3, 0.4) is 0 Å². The van der Waals surface area contributed by atoms with E-state index in [-0.39, 0.29) is 25.0 Å². The van der Waals surface area contributed by atoms with Crippen molar-refractivity contribution in [3.8, 4) is 0 Å². The van der Waals surface area contributed by atoms with Crippen molar-refractivity contribution < 1.29 is 67.0 Å². The Morgan fingerprint density at radius 1 is 0.909 bits per heavy atom. The standard InChI is InChI=1S/C30H40O14/c1-14-27(36)44-24-10-20(12-38-15(2)31)21(40-16(3)32)11-23(42-18(5)34)28(7)22(41-17(4)33)8-9-29(13-39-29)25(28)26(30(14,24)37)43-19(6)35/h10,14,21-26,37H,8-9,11-13H2,1-7H3/b20-10-/t14-,21+,22-,23-,24-,25+,26-,28+,29+,30+/m0/s1. The molecule has 14 nitrogen and oxygen atoms in total. The first kappa shape index (κ1) is 33.4. The van der Waals surface area contributed by atoms with Gasteiger partial charge in [-0.1, -0.05) is 6.92 Å². The number of hydrogen-bond acceptors (Lipinski definition) is 14. The molecule has 1 N–H and O–H groups in total. The lowest BCUT2D eigenvalue weighted by Gasteiger charge is -2.57.